The highest BCUT2D eigenvalue weighted by molar-refractivity contribution is 6.02. The van der Waals surface area contributed by atoms with Crippen molar-refractivity contribution in [2.24, 2.45) is 11.1 Å². The first-order valence-corrected chi connectivity index (χ1v) is 7.05. The van der Waals surface area contributed by atoms with Crippen molar-refractivity contribution in [3.63, 3.8) is 0 Å². The Kier molecular flexibility index (Phi) is 5.27. The van der Waals surface area contributed by atoms with Gasteiger partial charge in [-0.15, -0.1) is 0 Å². The Morgan fingerprint density at radius 2 is 1.95 bits per heavy atom. The predicted molar refractivity (Wildman–Crippen MR) is 72.1 cm³/mol. The number of nitrogens with one attached hydrogen (secondary N) is 1. The number of ether oxygens (including phenoxy) is 2. The average Bonchev–Trinajstić information content (AvgIpc) is 2.40. The van der Waals surface area contributed by atoms with Gasteiger partial charge in [-0.05, 0) is 6.42 Å². The molecule has 1 spiro atoms. The fourth-order valence-corrected chi connectivity index (χ4v) is 2.50. The Morgan fingerprint density at radius 1 is 1.24 bits per heavy atom. The molecule has 3 amide bonds. The summed E-state index contributed by atoms with van der Waals surface area (Å²) in [6.07, 6.45) is 0.845. The van der Waals surface area contributed by atoms with E-state index in [4.69, 9.17) is 15.2 Å². The summed E-state index contributed by atoms with van der Waals surface area (Å²) >= 11 is 0. The van der Waals surface area contributed by atoms with Gasteiger partial charge in [0.15, 0.2) is 0 Å². The molecule has 0 unspecified atom stereocenters. The Bertz CT molecular complexity index is 420. The Morgan fingerprint density at radius 3 is 2.62 bits per heavy atom. The van der Waals surface area contributed by atoms with Crippen LogP contribution < -0.4 is 11.1 Å². The molecule has 2 heterocycles. The number of nitrogens with zero attached hydrogens (tertiary/aromatic N) is 1. The fraction of sp³-hybridized carbons (Fsp3) is 0.769. The predicted octanol–water partition coefficient (Wildman–Crippen LogP) is -1.76. The number of hydrogen-bond acceptors (Lipinski definition) is 6. The second kappa shape index (κ2) is 6.97. The van der Waals surface area contributed by atoms with Crippen molar-refractivity contribution >= 4 is 17.7 Å². The molecule has 0 bridgehead atoms. The number of amides is 3. The number of rotatable bonds is 7. The maximum atomic E-state index is 11.9. The topological polar surface area (TPSA) is 111 Å². The van der Waals surface area contributed by atoms with E-state index in [1.54, 1.807) is 4.90 Å². The normalized spacial score (nSPS) is 20.3. The van der Waals surface area contributed by atoms with Crippen molar-refractivity contribution in [1.82, 2.24) is 10.2 Å². The van der Waals surface area contributed by atoms with Crippen molar-refractivity contribution in [3.8, 4) is 0 Å². The van der Waals surface area contributed by atoms with Crippen LogP contribution in [0.4, 0.5) is 0 Å². The van der Waals surface area contributed by atoms with Gasteiger partial charge in [0.2, 0.25) is 17.7 Å². The minimum absolute atomic E-state index is 0.0252. The smallest absolute Gasteiger partial charge is 0.248 e. The lowest BCUT2D eigenvalue weighted by molar-refractivity contribution is -0.161. The van der Waals surface area contributed by atoms with Gasteiger partial charge in [0.05, 0.1) is 25.2 Å². The number of likely N-dealkylation sites (tertiary alicyclic amines) is 1. The van der Waals surface area contributed by atoms with Gasteiger partial charge in [0.1, 0.15) is 6.61 Å². The first-order valence-electron chi connectivity index (χ1n) is 7.05. The van der Waals surface area contributed by atoms with Crippen LogP contribution >= 0.6 is 0 Å². The van der Waals surface area contributed by atoms with Gasteiger partial charge in [0.25, 0.3) is 0 Å². The monoisotopic (exact) mass is 299 g/mol. The van der Waals surface area contributed by atoms with Gasteiger partial charge in [-0.1, -0.05) is 0 Å². The molecule has 0 aromatic rings. The second-order valence-electron chi connectivity index (χ2n) is 5.36. The molecule has 8 nitrogen and oxygen atoms in total. The summed E-state index contributed by atoms with van der Waals surface area (Å²) in [5.41, 5.74) is 4.69. The molecule has 2 aliphatic heterocycles. The number of carbonyl (C=O) groups is 3. The molecule has 2 saturated heterocycles. The summed E-state index contributed by atoms with van der Waals surface area (Å²) in [5.74, 6) is -0.653. The van der Waals surface area contributed by atoms with Gasteiger partial charge in [-0.25, -0.2) is 0 Å². The Labute approximate surface area is 122 Å². The van der Waals surface area contributed by atoms with E-state index in [2.05, 4.69) is 5.32 Å². The highest BCUT2D eigenvalue weighted by atomic mass is 16.5. The quantitative estimate of drug-likeness (QED) is 0.426. The third-order valence-electron chi connectivity index (χ3n) is 3.76. The van der Waals surface area contributed by atoms with E-state index in [0.29, 0.717) is 52.3 Å². The van der Waals surface area contributed by atoms with E-state index in [0.717, 1.165) is 0 Å². The summed E-state index contributed by atoms with van der Waals surface area (Å²) in [7, 11) is 0. The number of hydrogen-bond donors (Lipinski definition) is 2. The maximum Gasteiger partial charge on any atom is 0.248 e. The maximum absolute atomic E-state index is 11.9. The first-order chi connectivity index (χ1) is 10.1. The molecule has 2 fully saturated rings. The molecular weight excluding hydrogens is 278 g/mol. The number of carbonyl (C=O) groups excluding carboxylic acids is 3. The number of nitrogens with two attached hydrogens (primary N) is 1. The highest BCUT2D eigenvalue weighted by Gasteiger charge is 2.52. The van der Waals surface area contributed by atoms with Crippen molar-refractivity contribution < 1.29 is 23.9 Å². The third kappa shape index (κ3) is 3.78. The summed E-state index contributed by atoms with van der Waals surface area (Å²) in [4.78, 5) is 36.4. The number of piperidine rings is 1. The van der Waals surface area contributed by atoms with Gasteiger partial charge < -0.3 is 20.1 Å². The van der Waals surface area contributed by atoms with E-state index >= 15 is 0 Å². The van der Waals surface area contributed by atoms with Crippen LogP contribution in [0.3, 0.4) is 0 Å². The molecule has 0 aliphatic carbocycles. The van der Waals surface area contributed by atoms with Crippen LogP contribution in [0.25, 0.3) is 0 Å². The van der Waals surface area contributed by atoms with Gasteiger partial charge in [-0.3, -0.25) is 19.7 Å². The zero-order valence-corrected chi connectivity index (χ0v) is 11.9. The molecule has 21 heavy (non-hydrogen) atoms. The highest BCUT2D eigenvalue weighted by Crippen LogP contribution is 2.37. The van der Waals surface area contributed by atoms with Crippen molar-refractivity contribution in [1.29, 1.82) is 0 Å². The average molecular weight is 299 g/mol. The molecule has 0 atom stereocenters. The summed E-state index contributed by atoms with van der Waals surface area (Å²) in [6, 6.07) is 0. The zero-order chi connectivity index (χ0) is 15.3. The van der Waals surface area contributed by atoms with Crippen molar-refractivity contribution in [3.05, 3.63) is 0 Å². The molecule has 0 radical (unpaired) electrons. The largest absolute Gasteiger partial charge is 0.378 e. The molecule has 2 rings (SSSR count). The first kappa shape index (κ1) is 15.9. The summed E-state index contributed by atoms with van der Waals surface area (Å²) < 4.78 is 10.3. The van der Waals surface area contributed by atoms with Crippen LogP contribution in [0.15, 0.2) is 0 Å². The SMILES string of the molecule is NCCOCCOCC(=O)N1CC2(CCC(=O)NC2=O)C1. The molecule has 118 valence electrons. The van der Waals surface area contributed by atoms with Gasteiger partial charge >= 0.3 is 0 Å². The summed E-state index contributed by atoms with van der Waals surface area (Å²) in [5, 5.41) is 2.33. The lowest BCUT2D eigenvalue weighted by Gasteiger charge is -2.50. The van der Waals surface area contributed by atoms with E-state index in [-0.39, 0.29) is 24.3 Å². The molecule has 0 saturated carbocycles. The number of imide groups is 1. The van der Waals surface area contributed by atoms with Crippen LogP contribution in [0.1, 0.15) is 12.8 Å². The molecular formula is C13H21N3O5. The minimum Gasteiger partial charge on any atom is -0.378 e. The Hall–Kier alpha value is -1.51. The Balaban J connectivity index is 1.63. The van der Waals surface area contributed by atoms with Crippen LogP contribution in [0.2, 0.25) is 0 Å². The molecule has 0 aromatic heterocycles. The lowest BCUT2D eigenvalue weighted by Crippen LogP contribution is -2.67. The second-order valence-corrected chi connectivity index (χ2v) is 5.36. The van der Waals surface area contributed by atoms with Crippen LogP contribution in [0, 0.1) is 5.41 Å². The van der Waals surface area contributed by atoms with Crippen LogP contribution in [-0.2, 0) is 23.9 Å². The van der Waals surface area contributed by atoms with Crippen molar-refractivity contribution in [2.75, 3.05) is 46.1 Å². The molecule has 2 aliphatic rings. The fourth-order valence-electron chi connectivity index (χ4n) is 2.50. The van der Waals surface area contributed by atoms with Gasteiger partial charge in [0, 0.05) is 26.1 Å². The van der Waals surface area contributed by atoms with E-state index < -0.39 is 5.41 Å². The van der Waals surface area contributed by atoms with Crippen LogP contribution in [0.5, 0.6) is 0 Å². The minimum atomic E-state index is -0.576. The third-order valence-corrected chi connectivity index (χ3v) is 3.76. The standard InChI is InChI=1S/C13H21N3O5/c14-3-4-20-5-6-21-7-11(18)16-8-13(9-16)2-1-10(17)15-12(13)19/h1-9,14H2,(H,15,17,19). The lowest BCUT2D eigenvalue weighted by atomic mass is 9.73. The van der Waals surface area contributed by atoms with Crippen LogP contribution in [-0.4, -0.2) is 68.7 Å². The van der Waals surface area contributed by atoms with Crippen molar-refractivity contribution in [2.45, 2.75) is 12.8 Å². The van der Waals surface area contributed by atoms with E-state index in [9.17, 15) is 14.4 Å². The van der Waals surface area contributed by atoms with E-state index in [1.807, 2.05) is 0 Å². The molecule has 3 N–H and O–H groups in total. The zero-order valence-electron chi connectivity index (χ0n) is 11.9. The molecule has 0 aromatic carbocycles. The summed E-state index contributed by atoms with van der Waals surface area (Å²) in [6.45, 7) is 2.36. The van der Waals surface area contributed by atoms with E-state index in [1.165, 1.54) is 0 Å². The molecule has 8 heteroatoms. The van der Waals surface area contributed by atoms with Gasteiger partial charge in [-0.2, -0.15) is 0 Å².